The lowest BCUT2D eigenvalue weighted by Crippen LogP contribution is -2.05. The molecular formula is C16H15BrN4O2. The lowest BCUT2D eigenvalue weighted by Gasteiger charge is -2.12. The highest BCUT2D eigenvalue weighted by Crippen LogP contribution is 2.26. The number of nitrogens with zero attached hydrogens (tertiary/aromatic N) is 3. The van der Waals surface area contributed by atoms with Crippen LogP contribution in [0.25, 0.3) is 11.0 Å². The molecule has 0 saturated heterocycles. The van der Waals surface area contributed by atoms with Crippen LogP contribution in [0.15, 0.2) is 41.3 Å². The monoisotopic (exact) mass is 374 g/mol. The Morgan fingerprint density at radius 2 is 1.96 bits per heavy atom. The third-order valence-electron chi connectivity index (χ3n) is 3.38. The van der Waals surface area contributed by atoms with Crippen LogP contribution in [0.5, 0.6) is 11.5 Å². The standard InChI is InChI=1S/C16H15BrN4O2/c1-22-12-4-3-10(14(6-12)23-2)7-19-16-15-13(20-9-21-16)5-11(17)8-18-15/h3-6,8-9H,7H2,1-2H3,(H,19,20,21). The number of ether oxygens (including phenoxy) is 2. The van der Waals surface area contributed by atoms with Gasteiger partial charge in [0.1, 0.15) is 23.3 Å². The summed E-state index contributed by atoms with van der Waals surface area (Å²) in [6, 6.07) is 7.61. The quantitative estimate of drug-likeness (QED) is 0.737. The molecule has 7 heteroatoms. The van der Waals surface area contributed by atoms with Gasteiger partial charge in [-0.15, -0.1) is 0 Å². The van der Waals surface area contributed by atoms with Crippen LogP contribution < -0.4 is 14.8 Å². The molecule has 1 aromatic carbocycles. The van der Waals surface area contributed by atoms with E-state index in [9.17, 15) is 0 Å². The Hall–Kier alpha value is -2.41. The van der Waals surface area contributed by atoms with E-state index in [0.29, 0.717) is 12.4 Å². The first-order chi connectivity index (χ1) is 11.2. The van der Waals surface area contributed by atoms with Gasteiger partial charge in [-0.25, -0.2) is 15.0 Å². The number of rotatable bonds is 5. The predicted molar refractivity (Wildman–Crippen MR) is 91.9 cm³/mol. The summed E-state index contributed by atoms with van der Waals surface area (Å²) in [6.45, 7) is 0.553. The maximum atomic E-state index is 5.40. The number of anilines is 1. The Morgan fingerprint density at radius 3 is 2.74 bits per heavy atom. The van der Waals surface area contributed by atoms with Gasteiger partial charge < -0.3 is 14.8 Å². The van der Waals surface area contributed by atoms with Crippen molar-refractivity contribution in [2.24, 2.45) is 0 Å². The van der Waals surface area contributed by atoms with Crippen molar-refractivity contribution >= 4 is 32.8 Å². The zero-order valence-corrected chi connectivity index (χ0v) is 14.3. The second-order valence-electron chi connectivity index (χ2n) is 4.77. The molecular weight excluding hydrogens is 360 g/mol. The highest BCUT2D eigenvalue weighted by atomic mass is 79.9. The van der Waals surface area contributed by atoms with Crippen LogP contribution in [-0.4, -0.2) is 29.2 Å². The van der Waals surface area contributed by atoms with E-state index in [2.05, 4.69) is 36.2 Å². The van der Waals surface area contributed by atoms with Crippen LogP contribution in [0.3, 0.4) is 0 Å². The second-order valence-corrected chi connectivity index (χ2v) is 5.69. The molecule has 0 saturated carbocycles. The van der Waals surface area contributed by atoms with E-state index in [1.54, 1.807) is 20.4 Å². The number of halogens is 1. The lowest BCUT2D eigenvalue weighted by atomic mass is 10.2. The number of hydrogen-bond acceptors (Lipinski definition) is 6. The maximum absolute atomic E-state index is 5.40. The molecule has 0 fully saturated rings. The number of hydrogen-bond donors (Lipinski definition) is 1. The first-order valence-electron chi connectivity index (χ1n) is 6.92. The Labute approximate surface area is 142 Å². The van der Waals surface area contributed by atoms with Crippen molar-refractivity contribution in [2.45, 2.75) is 6.54 Å². The number of fused-ring (bicyclic) bond motifs is 1. The van der Waals surface area contributed by atoms with Gasteiger partial charge in [0.05, 0.1) is 19.7 Å². The van der Waals surface area contributed by atoms with Gasteiger partial charge in [-0.05, 0) is 34.1 Å². The normalized spacial score (nSPS) is 10.6. The number of aromatic nitrogens is 3. The molecule has 0 aliphatic carbocycles. The van der Waals surface area contributed by atoms with Gasteiger partial charge in [-0.1, -0.05) is 0 Å². The smallest absolute Gasteiger partial charge is 0.156 e. The Morgan fingerprint density at radius 1 is 1.09 bits per heavy atom. The van der Waals surface area contributed by atoms with Crippen LogP contribution in [0.1, 0.15) is 5.56 Å². The number of benzene rings is 1. The number of pyridine rings is 1. The molecule has 0 bridgehead atoms. The molecule has 0 unspecified atom stereocenters. The van der Waals surface area contributed by atoms with E-state index in [0.717, 1.165) is 32.6 Å². The molecule has 23 heavy (non-hydrogen) atoms. The van der Waals surface area contributed by atoms with Crippen molar-refractivity contribution in [3.63, 3.8) is 0 Å². The minimum Gasteiger partial charge on any atom is -0.497 e. The fourth-order valence-electron chi connectivity index (χ4n) is 2.23. The largest absolute Gasteiger partial charge is 0.497 e. The topological polar surface area (TPSA) is 69.2 Å². The summed E-state index contributed by atoms with van der Waals surface area (Å²) in [6.07, 6.45) is 3.24. The molecule has 0 aliphatic rings. The van der Waals surface area contributed by atoms with E-state index in [1.165, 1.54) is 6.33 Å². The minimum atomic E-state index is 0.553. The van der Waals surface area contributed by atoms with Gasteiger partial charge in [0.25, 0.3) is 0 Å². The fraction of sp³-hybridized carbons (Fsp3) is 0.188. The van der Waals surface area contributed by atoms with Crippen LogP contribution >= 0.6 is 15.9 Å². The Kier molecular flexibility index (Phi) is 4.57. The van der Waals surface area contributed by atoms with Gasteiger partial charge in [-0.3, -0.25) is 0 Å². The second kappa shape index (κ2) is 6.78. The van der Waals surface area contributed by atoms with E-state index in [1.807, 2.05) is 24.3 Å². The zero-order valence-electron chi connectivity index (χ0n) is 12.7. The molecule has 1 N–H and O–H groups in total. The van der Waals surface area contributed by atoms with Crippen molar-refractivity contribution in [1.29, 1.82) is 0 Å². The van der Waals surface area contributed by atoms with Crippen molar-refractivity contribution in [2.75, 3.05) is 19.5 Å². The fourth-order valence-corrected chi connectivity index (χ4v) is 2.54. The number of nitrogens with one attached hydrogen (secondary N) is 1. The third-order valence-corrected chi connectivity index (χ3v) is 3.82. The molecule has 3 aromatic rings. The van der Waals surface area contributed by atoms with Crippen molar-refractivity contribution < 1.29 is 9.47 Å². The average molecular weight is 375 g/mol. The van der Waals surface area contributed by atoms with Crippen molar-refractivity contribution in [3.8, 4) is 11.5 Å². The van der Waals surface area contributed by atoms with Crippen LogP contribution in [0.2, 0.25) is 0 Å². The van der Waals surface area contributed by atoms with Gasteiger partial charge in [0, 0.05) is 28.8 Å². The van der Waals surface area contributed by atoms with E-state index >= 15 is 0 Å². The molecule has 0 radical (unpaired) electrons. The minimum absolute atomic E-state index is 0.553. The van der Waals surface area contributed by atoms with Crippen molar-refractivity contribution in [3.05, 3.63) is 46.8 Å². The summed E-state index contributed by atoms with van der Waals surface area (Å²) in [5.41, 5.74) is 2.50. The van der Waals surface area contributed by atoms with Crippen LogP contribution in [-0.2, 0) is 6.54 Å². The van der Waals surface area contributed by atoms with E-state index in [-0.39, 0.29) is 0 Å². The lowest BCUT2D eigenvalue weighted by molar-refractivity contribution is 0.391. The third kappa shape index (κ3) is 3.34. The molecule has 0 atom stereocenters. The zero-order chi connectivity index (χ0) is 16.2. The van der Waals surface area contributed by atoms with Gasteiger partial charge in [-0.2, -0.15) is 0 Å². The first-order valence-corrected chi connectivity index (χ1v) is 7.71. The summed E-state index contributed by atoms with van der Waals surface area (Å²) in [7, 11) is 3.26. The van der Waals surface area contributed by atoms with Crippen LogP contribution in [0, 0.1) is 0 Å². The van der Waals surface area contributed by atoms with Crippen molar-refractivity contribution in [1.82, 2.24) is 15.0 Å². The summed E-state index contributed by atoms with van der Waals surface area (Å²) in [5.74, 6) is 2.19. The highest BCUT2D eigenvalue weighted by molar-refractivity contribution is 9.10. The Bertz CT molecular complexity index is 841. The van der Waals surface area contributed by atoms with Gasteiger partial charge >= 0.3 is 0 Å². The summed E-state index contributed by atoms with van der Waals surface area (Å²) >= 11 is 3.39. The molecule has 3 rings (SSSR count). The molecule has 2 aromatic heterocycles. The molecule has 0 aliphatic heterocycles. The highest BCUT2D eigenvalue weighted by Gasteiger charge is 2.08. The molecule has 2 heterocycles. The summed E-state index contributed by atoms with van der Waals surface area (Å²) in [4.78, 5) is 12.9. The number of methoxy groups -OCH3 is 2. The molecule has 0 amide bonds. The molecule has 6 nitrogen and oxygen atoms in total. The van der Waals surface area contributed by atoms with Gasteiger partial charge in [0.15, 0.2) is 5.82 Å². The van der Waals surface area contributed by atoms with E-state index < -0.39 is 0 Å². The Balaban J connectivity index is 1.86. The summed E-state index contributed by atoms with van der Waals surface area (Å²) < 4.78 is 11.5. The SMILES string of the molecule is COc1ccc(CNc2ncnc3cc(Br)cnc23)c(OC)c1. The van der Waals surface area contributed by atoms with E-state index in [4.69, 9.17) is 9.47 Å². The average Bonchev–Trinajstić information content (AvgIpc) is 2.59. The van der Waals surface area contributed by atoms with Crippen LogP contribution in [0.4, 0.5) is 5.82 Å². The summed E-state index contributed by atoms with van der Waals surface area (Å²) in [5, 5.41) is 3.29. The maximum Gasteiger partial charge on any atom is 0.156 e. The predicted octanol–water partition coefficient (Wildman–Crippen LogP) is 3.42. The molecule has 0 spiro atoms. The van der Waals surface area contributed by atoms with Gasteiger partial charge in [0.2, 0.25) is 0 Å². The first kappa shape index (κ1) is 15.5. The molecule has 118 valence electrons.